The second-order valence-electron chi connectivity index (χ2n) is 4.27. The van der Waals surface area contributed by atoms with Crippen LogP contribution in [0.15, 0.2) is 16.7 Å². The lowest BCUT2D eigenvalue weighted by Crippen LogP contribution is -2.33. The van der Waals surface area contributed by atoms with Gasteiger partial charge in [-0.1, -0.05) is 0 Å². The number of nitrogens with two attached hydrogens (primary N) is 1. The molecule has 0 radical (unpaired) electrons. The van der Waals surface area contributed by atoms with E-state index in [0.29, 0.717) is 11.2 Å². The molecule has 0 aromatic carbocycles. The fourth-order valence-electron chi connectivity index (χ4n) is 1.67. The van der Waals surface area contributed by atoms with Gasteiger partial charge in [0, 0.05) is 16.7 Å². The van der Waals surface area contributed by atoms with Gasteiger partial charge in [-0.2, -0.15) is 0 Å². The van der Waals surface area contributed by atoms with E-state index in [1.165, 1.54) is 0 Å². The summed E-state index contributed by atoms with van der Waals surface area (Å²) in [6.45, 7) is 3.93. The second-order valence-corrected chi connectivity index (χ2v) is 5.19. The third-order valence-electron chi connectivity index (χ3n) is 2.33. The Hall–Kier alpha value is -1.63. The fourth-order valence-corrected chi connectivity index (χ4v) is 1.99. The summed E-state index contributed by atoms with van der Waals surface area (Å²) in [5.41, 5.74) is 7.07. The Bertz CT molecular complexity index is 592. The maximum atomic E-state index is 11.7. The van der Waals surface area contributed by atoms with E-state index >= 15 is 0 Å². The van der Waals surface area contributed by atoms with Gasteiger partial charge in [-0.25, -0.2) is 9.97 Å². The average molecular weight is 312 g/mol. The molecule has 2 aromatic rings. The van der Waals surface area contributed by atoms with E-state index < -0.39 is 0 Å². The first-order valence-electron chi connectivity index (χ1n) is 5.54. The Balaban J connectivity index is 2.33. The second kappa shape index (κ2) is 4.93. The van der Waals surface area contributed by atoms with Crippen LogP contribution in [0.2, 0.25) is 0 Å². The molecule has 3 N–H and O–H groups in total. The van der Waals surface area contributed by atoms with E-state index in [9.17, 15) is 4.79 Å². The van der Waals surface area contributed by atoms with Gasteiger partial charge in [-0.15, -0.1) is 0 Å². The summed E-state index contributed by atoms with van der Waals surface area (Å²) < 4.78 is 2.42. The summed E-state index contributed by atoms with van der Waals surface area (Å²) in [5.74, 6) is 0.176. The molecule has 0 spiro atoms. The van der Waals surface area contributed by atoms with Gasteiger partial charge in [0.05, 0.1) is 0 Å². The van der Waals surface area contributed by atoms with Crippen LogP contribution in [0.5, 0.6) is 0 Å². The number of aromatic nitrogens is 3. The van der Waals surface area contributed by atoms with Gasteiger partial charge in [0.15, 0.2) is 5.65 Å². The summed E-state index contributed by atoms with van der Waals surface area (Å²) in [7, 11) is 0. The van der Waals surface area contributed by atoms with E-state index in [4.69, 9.17) is 5.73 Å². The number of rotatable bonds is 3. The van der Waals surface area contributed by atoms with Crippen LogP contribution in [0.25, 0.3) is 11.2 Å². The molecule has 2 rings (SSSR count). The maximum absolute atomic E-state index is 11.7. The Kier molecular flexibility index (Phi) is 3.51. The molecule has 0 saturated carbocycles. The number of hydrogen-bond acceptors (Lipinski definition) is 4. The van der Waals surface area contributed by atoms with Gasteiger partial charge in [0.1, 0.15) is 12.1 Å². The number of hydrogen-bond donors (Lipinski definition) is 2. The quantitative estimate of drug-likeness (QED) is 0.894. The molecule has 0 aliphatic rings. The number of fused-ring (bicyclic) bond motifs is 1. The highest BCUT2D eigenvalue weighted by molar-refractivity contribution is 9.10. The van der Waals surface area contributed by atoms with Crippen molar-refractivity contribution in [1.29, 1.82) is 0 Å². The zero-order valence-electron chi connectivity index (χ0n) is 10.1. The summed E-state index contributed by atoms with van der Waals surface area (Å²) in [6, 6.07) is 1.91. The minimum atomic E-state index is -0.110. The van der Waals surface area contributed by atoms with Crippen molar-refractivity contribution < 1.29 is 4.79 Å². The van der Waals surface area contributed by atoms with Crippen LogP contribution in [0.3, 0.4) is 0 Å². The Morgan fingerprint density at radius 2 is 2.33 bits per heavy atom. The van der Waals surface area contributed by atoms with Crippen molar-refractivity contribution in [2.45, 2.75) is 26.4 Å². The van der Waals surface area contributed by atoms with E-state index in [1.54, 1.807) is 10.8 Å². The molecule has 2 heterocycles. The number of nitrogen functional groups attached to an aromatic ring is 1. The van der Waals surface area contributed by atoms with Crippen molar-refractivity contribution in [2.24, 2.45) is 0 Å². The van der Waals surface area contributed by atoms with Gasteiger partial charge in [0.2, 0.25) is 11.9 Å². The van der Waals surface area contributed by atoms with Crippen molar-refractivity contribution in [1.82, 2.24) is 19.9 Å². The monoisotopic (exact) mass is 311 g/mol. The van der Waals surface area contributed by atoms with Crippen molar-refractivity contribution in [2.75, 3.05) is 5.73 Å². The topological polar surface area (TPSA) is 85.8 Å². The number of pyridine rings is 1. The van der Waals surface area contributed by atoms with Crippen molar-refractivity contribution in [3.63, 3.8) is 0 Å². The van der Waals surface area contributed by atoms with E-state index in [-0.39, 0.29) is 24.4 Å². The van der Waals surface area contributed by atoms with Gasteiger partial charge in [-0.05, 0) is 35.8 Å². The Labute approximate surface area is 113 Å². The van der Waals surface area contributed by atoms with Crippen LogP contribution >= 0.6 is 15.9 Å². The molecular formula is C11H14BrN5O. The lowest BCUT2D eigenvalue weighted by molar-refractivity contribution is -0.122. The lowest BCUT2D eigenvalue weighted by Gasteiger charge is -2.09. The van der Waals surface area contributed by atoms with Gasteiger partial charge >= 0.3 is 0 Å². The number of halogens is 1. The smallest absolute Gasteiger partial charge is 0.240 e. The minimum Gasteiger partial charge on any atom is -0.369 e. The molecule has 0 bridgehead atoms. The number of nitrogens with zero attached hydrogens (tertiary/aromatic N) is 3. The molecule has 1 amide bonds. The summed E-state index contributed by atoms with van der Waals surface area (Å²) >= 11 is 3.32. The largest absolute Gasteiger partial charge is 0.369 e. The molecular weight excluding hydrogens is 298 g/mol. The maximum Gasteiger partial charge on any atom is 0.240 e. The predicted molar refractivity (Wildman–Crippen MR) is 72.9 cm³/mol. The first-order valence-corrected chi connectivity index (χ1v) is 6.33. The molecule has 6 nitrogen and oxygen atoms in total. The van der Waals surface area contributed by atoms with Gasteiger partial charge in [-0.3, -0.25) is 9.36 Å². The molecule has 0 saturated heterocycles. The zero-order valence-corrected chi connectivity index (χ0v) is 11.7. The van der Waals surface area contributed by atoms with Crippen LogP contribution in [0.4, 0.5) is 5.95 Å². The number of nitrogens with one attached hydrogen (secondary N) is 1. The van der Waals surface area contributed by atoms with Crippen molar-refractivity contribution >= 4 is 38.9 Å². The standard InChI is InChI=1S/C11H14BrN5O/c1-6(2)15-9(18)5-17-10-8(16-11(17)13)3-7(12)4-14-10/h3-4,6H,5H2,1-2H3,(H2,13,16)(H,15,18). The van der Waals surface area contributed by atoms with Crippen LogP contribution in [-0.2, 0) is 11.3 Å². The van der Waals surface area contributed by atoms with Crippen LogP contribution < -0.4 is 11.1 Å². The predicted octanol–water partition coefficient (Wildman–Crippen LogP) is 1.30. The number of carbonyl (C=O) groups excluding carboxylic acids is 1. The molecule has 18 heavy (non-hydrogen) atoms. The molecule has 0 fully saturated rings. The van der Waals surface area contributed by atoms with E-state index in [1.807, 2.05) is 19.9 Å². The van der Waals surface area contributed by atoms with Gasteiger partial charge < -0.3 is 11.1 Å². The summed E-state index contributed by atoms with van der Waals surface area (Å²) in [6.07, 6.45) is 1.65. The van der Waals surface area contributed by atoms with Crippen LogP contribution in [-0.4, -0.2) is 26.5 Å². The highest BCUT2D eigenvalue weighted by Crippen LogP contribution is 2.19. The number of carbonyl (C=O) groups is 1. The molecule has 0 unspecified atom stereocenters. The van der Waals surface area contributed by atoms with E-state index in [0.717, 1.165) is 4.47 Å². The molecule has 0 atom stereocenters. The molecule has 96 valence electrons. The highest BCUT2D eigenvalue weighted by atomic mass is 79.9. The van der Waals surface area contributed by atoms with E-state index in [2.05, 4.69) is 31.2 Å². The highest BCUT2D eigenvalue weighted by Gasteiger charge is 2.13. The zero-order chi connectivity index (χ0) is 13.3. The SMILES string of the molecule is CC(C)NC(=O)Cn1c(N)nc2cc(Br)cnc21. The summed E-state index contributed by atoms with van der Waals surface area (Å²) in [4.78, 5) is 20.1. The van der Waals surface area contributed by atoms with Gasteiger partial charge in [0.25, 0.3) is 0 Å². The third kappa shape index (κ3) is 2.61. The molecule has 7 heteroatoms. The number of anilines is 1. The van der Waals surface area contributed by atoms with Crippen LogP contribution in [0, 0.1) is 0 Å². The number of imidazole rings is 1. The van der Waals surface area contributed by atoms with Crippen LogP contribution in [0.1, 0.15) is 13.8 Å². The van der Waals surface area contributed by atoms with Crippen molar-refractivity contribution in [3.05, 3.63) is 16.7 Å². The number of amides is 1. The fraction of sp³-hybridized carbons (Fsp3) is 0.364. The first kappa shape index (κ1) is 12.8. The van der Waals surface area contributed by atoms with Crippen molar-refractivity contribution in [3.8, 4) is 0 Å². The molecule has 2 aromatic heterocycles. The normalized spacial score (nSPS) is 11.1. The molecule has 0 aliphatic heterocycles. The first-order chi connectivity index (χ1) is 8.47. The summed E-state index contributed by atoms with van der Waals surface area (Å²) in [5, 5.41) is 2.80. The lowest BCUT2D eigenvalue weighted by atomic mass is 10.4. The minimum absolute atomic E-state index is 0.0932. The average Bonchev–Trinajstić information content (AvgIpc) is 2.53. The Morgan fingerprint density at radius 1 is 1.61 bits per heavy atom. The third-order valence-corrected chi connectivity index (χ3v) is 2.77. The Morgan fingerprint density at radius 3 is 3.00 bits per heavy atom. The molecule has 0 aliphatic carbocycles.